The van der Waals surface area contributed by atoms with Gasteiger partial charge in [-0.15, -0.1) is 0 Å². The zero-order chi connectivity index (χ0) is 16.4. The molecule has 0 bridgehead atoms. The van der Waals surface area contributed by atoms with Gasteiger partial charge < -0.3 is 19.8 Å². The van der Waals surface area contributed by atoms with Crippen molar-refractivity contribution < 1.29 is 14.6 Å². The molecule has 1 amide bonds. The third-order valence-corrected chi connectivity index (χ3v) is 3.99. The van der Waals surface area contributed by atoms with Crippen molar-refractivity contribution in [3.8, 4) is 0 Å². The topological polar surface area (TPSA) is 98.4 Å². The maximum absolute atomic E-state index is 12.2. The molecule has 0 aromatic carbocycles. The number of H-pyrrole nitrogens is 2. The third-order valence-electron chi connectivity index (χ3n) is 3.99. The monoisotopic (exact) mass is 311 g/mol. The molecule has 1 aromatic heterocycles. The Balaban J connectivity index is 2.16. The SMILES string of the molecule is CC(C)(C)OC(=O)N1CCC(CCCO)(c2cc(=O)[nH][nH]2)C1. The number of aromatic nitrogens is 2. The Hall–Kier alpha value is -1.76. The van der Waals surface area contributed by atoms with Crippen molar-refractivity contribution >= 4 is 6.09 Å². The minimum absolute atomic E-state index is 0.0862. The van der Waals surface area contributed by atoms with Gasteiger partial charge in [-0.3, -0.25) is 9.89 Å². The van der Waals surface area contributed by atoms with E-state index in [9.17, 15) is 9.59 Å². The number of hydrogen-bond acceptors (Lipinski definition) is 4. The van der Waals surface area contributed by atoms with Gasteiger partial charge in [-0.2, -0.15) is 0 Å². The fraction of sp³-hybridized carbons (Fsp3) is 0.733. The molecule has 22 heavy (non-hydrogen) atoms. The molecule has 7 nitrogen and oxygen atoms in total. The van der Waals surface area contributed by atoms with Gasteiger partial charge in [0, 0.05) is 36.9 Å². The number of amides is 1. The summed E-state index contributed by atoms with van der Waals surface area (Å²) in [6.07, 6.45) is 1.72. The van der Waals surface area contributed by atoms with Gasteiger partial charge in [0.2, 0.25) is 0 Å². The minimum Gasteiger partial charge on any atom is -0.444 e. The molecule has 0 spiro atoms. The lowest BCUT2D eigenvalue weighted by molar-refractivity contribution is 0.0282. The molecule has 0 aliphatic carbocycles. The largest absolute Gasteiger partial charge is 0.444 e. The van der Waals surface area contributed by atoms with Crippen LogP contribution in [0, 0.1) is 0 Å². The van der Waals surface area contributed by atoms with E-state index in [4.69, 9.17) is 9.84 Å². The molecule has 2 heterocycles. The minimum atomic E-state index is -0.532. The summed E-state index contributed by atoms with van der Waals surface area (Å²) >= 11 is 0. The average Bonchev–Trinajstić information content (AvgIpc) is 3.02. The van der Waals surface area contributed by atoms with Crippen molar-refractivity contribution in [3.63, 3.8) is 0 Å². The molecule has 1 aliphatic rings. The summed E-state index contributed by atoms with van der Waals surface area (Å²) in [6, 6.07) is 1.54. The van der Waals surface area contributed by atoms with Crippen molar-refractivity contribution in [2.45, 2.75) is 51.0 Å². The Morgan fingerprint density at radius 1 is 1.45 bits per heavy atom. The molecule has 7 heteroatoms. The van der Waals surface area contributed by atoms with Crippen molar-refractivity contribution in [2.75, 3.05) is 19.7 Å². The summed E-state index contributed by atoms with van der Waals surface area (Å²) in [5, 5.41) is 14.6. The summed E-state index contributed by atoms with van der Waals surface area (Å²) in [5.41, 5.74) is -0.264. The smallest absolute Gasteiger partial charge is 0.410 e. The van der Waals surface area contributed by atoms with Crippen molar-refractivity contribution in [2.24, 2.45) is 0 Å². The molecule has 1 aromatic rings. The van der Waals surface area contributed by atoms with Gasteiger partial charge in [-0.25, -0.2) is 4.79 Å². The Morgan fingerprint density at radius 2 is 2.18 bits per heavy atom. The molecule has 124 valence electrons. The first kappa shape index (κ1) is 16.6. The molecule has 0 saturated carbocycles. The van der Waals surface area contributed by atoms with Crippen LogP contribution in [0.2, 0.25) is 0 Å². The Bertz CT molecular complexity index is 572. The first-order chi connectivity index (χ1) is 10.3. The summed E-state index contributed by atoms with van der Waals surface area (Å²) < 4.78 is 5.42. The Labute approximate surface area is 129 Å². The zero-order valence-electron chi connectivity index (χ0n) is 13.4. The number of rotatable bonds is 4. The Morgan fingerprint density at radius 3 is 2.73 bits per heavy atom. The van der Waals surface area contributed by atoms with Gasteiger partial charge >= 0.3 is 6.09 Å². The van der Waals surface area contributed by atoms with E-state index in [2.05, 4.69) is 10.2 Å². The second-order valence-corrected chi connectivity index (χ2v) is 6.93. The van der Waals surface area contributed by atoms with E-state index < -0.39 is 5.60 Å². The predicted octanol–water partition coefficient (Wildman–Crippen LogP) is 1.35. The van der Waals surface area contributed by atoms with E-state index in [-0.39, 0.29) is 23.7 Å². The molecule has 2 rings (SSSR count). The highest BCUT2D eigenvalue weighted by molar-refractivity contribution is 5.69. The Kier molecular flexibility index (Phi) is 4.65. The van der Waals surface area contributed by atoms with Crippen LogP contribution in [0.3, 0.4) is 0 Å². The predicted molar refractivity (Wildman–Crippen MR) is 81.8 cm³/mol. The van der Waals surface area contributed by atoms with Crippen LogP contribution in [-0.2, 0) is 10.2 Å². The number of carbonyl (C=O) groups is 1. The van der Waals surface area contributed by atoms with Gasteiger partial charge in [0.1, 0.15) is 5.60 Å². The average molecular weight is 311 g/mol. The van der Waals surface area contributed by atoms with Crippen LogP contribution >= 0.6 is 0 Å². The van der Waals surface area contributed by atoms with E-state index >= 15 is 0 Å². The van der Waals surface area contributed by atoms with Gasteiger partial charge in [0.25, 0.3) is 5.56 Å². The number of aromatic amines is 2. The maximum Gasteiger partial charge on any atom is 0.410 e. The second-order valence-electron chi connectivity index (χ2n) is 6.93. The van der Waals surface area contributed by atoms with Crippen LogP contribution < -0.4 is 5.56 Å². The van der Waals surface area contributed by atoms with E-state index in [1.165, 1.54) is 6.07 Å². The first-order valence-electron chi connectivity index (χ1n) is 7.63. The molecular formula is C15H25N3O4. The van der Waals surface area contributed by atoms with Crippen molar-refractivity contribution in [1.29, 1.82) is 0 Å². The number of hydrogen-bond donors (Lipinski definition) is 3. The lowest BCUT2D eigenvalue weighted by Gasteiger charge is -2.29. The molecular weight excluding hydrogens is 286 g/mol. The van der Waals surface area contributed by atoms with Crippen LogP contribution in [-0.4, -0.2) is 51.6 Å². The third kappa shape index (κ3) is 3.71. The summed E-state index contributed by atoms with van der Waals surface area (Å²) in [4.78, 5) is 25.3. The van der Waals surface area contributed by atoms with Gasteiger partial charge in [-0.1, -0.05) is 0 Å². The highest BCUT2D eigenvalue weighted by atomic mass is 16.6. The van der Waals surface area contributed by atoms with Crippen LogP contribution in [0.1, 0.15) is 45.7 Å². The molecule has 3 N–H and O–H groups in total. The van der Waals surface area contributed by atoms with E-state index in [1.807, 2.05) is 20.8 Å². The number of nitrogens with zero attached hydrogens (tertiary/aromatic N) is 1. The van der Waals surface area contributed by atoms with Gasteiger partial charge in [0.15, 0.2) is 0 Å². The quantitative estimate of drug-likeness (QED) is 0.781. The normalized spacial score (nSPS) is 22.1. The number of nitrogens with one attached hydrogen (secondary N) is 2. The lowest BCUT2D eigenvalue weighted by atomic mass is 9.79. The highest BCUT2D eigenvalue weighted by Gasteiger charge is 2.43. The molecule has 0 radical (unpaired) electrons. The van der Waals surface area contributed by atoms with Crippen LogP contribution in [0.25, 0.3) is 0 Å². The van der Waals surface area contributed by atoms with Crippen LogP contribution in [0.5, 0.6) is 0 Å². The maximum atomic E-state index is 12.2. The summed E-state index contributed by atoms with van der Waals surface area (Å²) in [6.45, 7) is 6.66. The standard InChI is InChI=1S/C15H25N3O4/c1-14(2,3)22-13(21)18-7-6-15(10-18,5-4-8-19)11-9-12(20)17-16-11/h9,19H,4-8,10H2,1-3H3,(H2,16,17,20). The molecule has 1 aliphatic heterocycles. The first-order valence-corrected chi connectivity index (χ1v) is 7.63. The molecule has 1 atom stereocenters. The van der Waals surface area contributed by atoms with E-state index in [0.29, 0.717) is 25.9 Å². The number of likely N-dealkylation sites (tertiary alicyclic amines) is 1. The van der Waals surface area contributed by atoms with Gasteiger partial charge in [0.05, 0.1) is 0 Å². The molecule has 1 unspecified atom stereocenters. The fourth-order valence-corrected chi connectivity index (χ4v) is 2.95. The van der Waals surface area contributed by atoms with Gasteiger partial charge in [-0.05, 0) is 40.0 Å². The fourth-order valence-electron chi connectivity index (χ4n) is 2.95. The highest BCUT2D eigenvalue weighted by Crippen LogP contribution is 2.37. The second kappa shape index (κ2) is 6.16. The molecule has 1 fully saturated rings. The lowest BCUT2D eigenvalue weighted by Crippen LogP contribution is -2.38. The van der Waals surface area contributed by atoms with Crippen molar-refractivity contribution in [1.82, 2.24) is 15.1 Å². The van der Waals surface area contributed by atoms with Crippen molar-refractivity contribution in [3.05, 3.63) is 22.1 Å². The molecule has 1 saturated heterocycles. The van der Waals surface area contributed by atoms with Crippen LogP contribution in [0.4, 0.5) is 4.79 Å². The zero-order valence-corrected chi connectivity index (χ0v) is 13.4. The van der Waals surface area contributed by atoms with Crippen LogP contribution in [0.15, 0.2) is 10.9 Å². The summed E-state index contributed by atoms with van der Waals surface area (Å²) in [7, 11) is 0. The number of aliphatic hydroxyl groups excluding tert-OH is 1. The number of carbonyl (C=O) groups excluding carboxylic acids is 1. The summed E-state index contributed by atoms with van der Waals surface area (Å²) in [5.74, 6) is 0. The number of aliphatic hydroxyl groups is 1. The van der Waals surface area contributed by atoms with E-state index in [0.717, 1.165) is 12.1 Å². The van der Waals surface area contributed by atoms with E-state index in [1.54, 1.807) is 4.90 Å². The number of ether oxygens (including phenoxy) is 1.